The van der Waals surface area contributed by atoms with Crippen molar-refractivity contribution in [1.29, 1.82) is 0 Å². The van der Waals surface area contributed by atoms with E-state index >= 15 is 0 Å². The summed E-state index contributed by atoms with van der Waals surface area (Å²) in [6.07, 6.45) is 0.928. The first-order valence-corrected chi connectivity index (χ1v) is 9.73. The van der Waals surface area contributed by atoms with Crippen molar-refractivity contribution in [1.82, 2.24) is 9.97 Å². The first-order chi connectivity index (χ1) is 13.6. The van der Waals surface area contributed by atoms with Crippen molar-refractivity contribution >= 4 is 33.5 Å². The average Bonchev–Trinajstić information content (AvgIpc) is 2.65. The summed E-state index contributed by atoms with van der Waals surface area (Å²) in [5.41, 5.74) is 0.820. The summed E-state index contributed by atoms with van der Waals surface area (Å²) in [7, 11) is -1.56. The van der Waals surface area contributed by atoms with E-state index in [4.69, 9.17) is 0 Å². The van der Waals surface area contributed by atoms with Crippen molar-refractivity contribution in [2.24, 2.45) is 0 Å². The van der Waals surface area contributed by atoms with Gasteiger partial charge in [-0.15, -0.1) is 0 Å². The molecule has 1 heterocycles. The first kappa shape index (κ1) is 21.8. The maximum absolute atomic E-state index is 12.6. The molecule has 10 nitrogen and oxygen atoms in total. The quantitative estimate of drug-likeness (QED) is 0.505. The maximum Gasteiger partial charge on any atom is 0.354 e. The van der Waals surface area contributed by atoms with E-state index in [0.29, 0.717) is 17.2 Å². The monoisotopic (exact) mass is 420 g/mol. The number of aryl methyl sites for hydroxylation is 2. The molecule has 0 bridgehead atoms. The number of nitrogens with zero attached hydrogens (tertiary/aromatic N) is 2. The molecule has 0 aliphatic rings. The summed E-state index contributed by atoms with van der Waals surface area (Å²) in [6.45, 7) is 3.39. The number of hydrogen-bond donors (Lipinski definition) is 2. The van der Waals surface area contributed by atoms with Crippen LogP contribution in [-0.2, 0) is 29.1 Å². The third-order valence-corrected chi connectivity index (χ3v) is 4.89. The SMILES string of the molecule is COC(=O)/C=C(/Nc1ccc(S(=O)(=O)Nc2cc(C)nc(C)n2)cc1)C(=O)OC. The van der Waals surface area contributed by atoms with Gasteiger partial charge in [0.1, 0.15) is 17.3 Å². The molecule has 0 unspecified atom stereocenters. The minimum Gasteiger partial charge on any atom is -0.466 e. The lowest BCUT2D eigenvalue weighted by atomic mass is 10.3. The lowest BCUT2D eigenvalue weighted by molar-refractivity contribution is -0.138. The molecule has 11 heteroatoms. The molecule has 2 aromatic rings. The molecule has 0 spiro atoms. The molecule has 0 amide bonds. The normalized spacial score (nSPS) is 11.5. The predicted octanol–water partition coefficient (Wildman–Crippen LogP) is 1.54. The molecule has 2 N–H and O–H groups in total. The Balaban J connectivity index is 2.22. The van der Waals surface area contributed by atoms with Gasteiger partial charge < -0.3 is 14.8 Å². The van der Waals surface area contributed by atoms with E-state index in [1.165, 1.54) is 37.4 Å². The van der Waals surface area contributed by atoms with E-state index in [-0.39, 0.29) is 16.4 Å². The second-order valence-corrected chi connectivity index (χ2v) is 7.45. The van der Waals surface area contributed by atoms with Gasteiger partial charge in [0.05, 0.1) is 25.2 Å². The van der Waals surface area contributed by atoms with Crippen molar-refractivity contribution < 1.29 is 27.5 Å². The molecule has 0 saturated carbocycles. The van der Waals surface area contributed by atoms with Crippen LogP contribution in [0.5, 0.6) is 0 Å². The summed E-state index contributed by atoms with van der Waals surface area (Å²) >= 11 is 0. The van der Waals surface area contributed by atoms with Gasteiger partial charge in [-0.2, -0.15) is 0 Å². The van der Waals surface area contributed by atoms with E-state index in [2.05, 4.69) is 29.5 Å². The Labute approximate surface area is 168 Å². The van der Waals surface area contributed by atoms with Crippen LogP contribution in [0.1, 0.15) is 11.5 Å². The van der Waals surface area contributed by atoms with Crippen LogP contribution in [0.2, 0.25) is 0 Å². The Kier molecular flexibility index (Phi) is 6.89. The van der Waals surface area contributed by atoms with Crippen LogP contribution in [0.4, 0.5) is 11.5 Å². The van der Waals surface area contributed by atoms with E-state index in [0.717, 1.165) is 13.2 Å². The number of carbonyl (C=O) groups excluding carboxylic acids is 2. The minimum atomic E-state index is -3.88. The van der Waals surface area contributed by atoms with Gasteiger partial charge in [-0.3, -0.25) is 4.72 Å². The van der Waals surface area contributed by atoms with Crippen LogP contribution in [0.25, 0.3) is 0 Å². The van der Waals surface area contributed by atoms with Crippen molar-refractivity contribution in [3.8, 4) is 0 Å². The molecule has 0 radical (unpaired) electrons. The van der Waals surface area contributed by atoms with Gasteiger partial charge in [-0.1, -0.05) is 0 Å². The molecular weight excluding hydrogens is 400 g/mol. The number of methoxy groups -OCH3 is 2. The lowest BCUT2D eigenvalue weighted by Crippen LogP contribution is -2.16. The number of benzene rings is 1. The van der Waals surface area contributed by atoms with E-state index < -0.39 is 22.0 Å². The Morgan fingerprint density at radius 1 is 1.03 bits per heavy atom. The minimum absolute atomic E-state index is 0.0199. The molecule has 0 aliphatic heterocycles. The Morgan fingerprint density at radius 2 is 1.69 bits per heavy atom. The van der Waals surface area contributed by atoms with Gasteiger partial charge in [0.25, 0.3) is 10.0 Å². The number of carbonyl (C=O) groups is 2. The standard InChI is InChI=1S/C18H20N4O6S/c1-11-9-16(20-12(2)19-11)22-29(25,26)14-7-5-13(6-8-14)21-15(18(24)28-4)10-17(23)27-3/h5-10,21H,1-4H3,(H,19,20,22)/b15-10+. The van der Waals surface area contributed by atoms with Crippen LogP contribution in [0.3, 0.4) is 0 Å². The topological polar surface area (TPSA) is 137 Å². The summed E-state index contributed by atoms with van der Waals surface area (Å²) in [5.74, 6) is -0.943. The molecule has 29 heavy (non-hydrogen) atoms. The Bertz CT molecular complexity index is 1030. The molecular formula is C18H20N4O6S. The number of rotatable bonds is 7. The fourth-order valence-electron chi connectivity index (χ4n) is 2.27. The van der Waals surface area contributed by atoms with Gasteiger partial charge in [-0.05, 0) is 38.1 Å². The van der Waals surface area contributed by atoms with E-state index in [9.17, 15) is 18.0 Å². The third kappa shape index (κ3) is 6.01. The van der Waals surface area contributed by atoms with Crippen molar-refractivity contribution in [3.63, 3.8) is 0 Å². The number of hydrogen-bond acceptors (Lipinski definition) is 9. The lowest BCUT2D eigenvalue weighted by Gasteiger charge is -2.11. The second kappa shape index (κ2) is 9.15. The summed E-state index contributed by atoms with van der Waals surface area (Å²) in [4.78, 5) is 31.3. The highest BCUT2D eigenvalue weighted by atomic mass is 32.2. The number of sulfonamides is 1. The van der Waals surface area contributed by atoms with Crippen LogP contribution in [0, 0.1) is 13.8 Å². The van der Waals surface area contributed by atoms with Crippen LogP contribution in [0.15, 0.2) is 47.0 Å². The summed E-state index contributed by atoms with van der Waals surface area (Å²) in [5, 5.41) is 2.69. The summed E-state index contributed by atoms with van der Waals surface area (Å²) in [6, 6.07) is 7.04. The van der Waals surface area contributed by atoms with Gasteiger partial charge >= 0.3 is 11.9 Å². The highest BCUT2D eigenvalue weighted by molar-refractivity contribution is 7.92. The largest absolute Gasteiger partial charge is 0.466 e. The molecule has 2 rings (SSSR count). The number of ether oxygens (including phenoxy) is 2. The van der Waals surface area contributed by atoms with E-state index in [1.54, 1.807) is 13.8 Å². The number of nitrogens with one attached hydrogen (secondary N) is 2. The third-order valence-electron chi connectivity index (χ3n) is 3.52. The predicted molar refractivity (Wildman–Crippen MR) is 104 cm³/mol. The molecule has 1 aromatic carbocycles. The smallest absolute Gasteiger partial charge is 0.354 e. The second-order valence-electron chi connectivity index (χ2n) is 5.77. The maximum atomic E-state index is 12.6. The van der Waals surface area contributed by atoms with Crippen molar-refractivity contribution in [3.05, 3.63) is 53.6 Å². The van der Waals surface area contributed by atoms with Gasteiger partial charge in [0.2, 0.25) is 0 Å². The highest BCUT2D eigenvalue weighted by Gasteiger charge is 2.17. The zero-order chi connectivity index (χ0) is 21.6. The van der Waals surface area contributed by atoms with E-state index in [1.807, 2.05) is 0 Å². The highest BCUT2D eigenvalue weighted by Crippen LogP contribution is 2.19. The zero-order valence-corrected chi connectivity index (χ0v) is 17.0. The van der Waals surface area contributed by atoms with Crippen molar-refractivity contribution in [2.75, 3.05) is 24.3 Å². The molecule has 1 aromatic heterocycles. The number of anilines is 2. The average molecular weight is 420 g/mol. The molecule has 154 valence electrons. The number of aromatic nitrogens is 2. The Hall–Kier alpha value is -3.47. The molecule has 0 atom stereocenters. The molecule has 0 saturated heterocycles. The first-order valence-electron chi connectivity index (χ1n) is 8.25. The van der Waals surface area contributed by atoms with Gasteiger partial charge in [-0.25, -0.2) is 28.0 Å². The zero-order valence-electron chi connectivity index (χ0n) is 16.2. The van der Waals surface area contributed by atoms with Crippen LogP contribution in [-0.4, -0.2) is 44.5 Å². The van der Waals surface area contributed by atoms with Crippen LogP contribution >= 0.6 is 0 Å². The van der Waals surface area contributed by atoms with Gasteiger partial charge in [0, 0.05) is 17.4 Å². The summed E-state index contributed by atoms with van der Waals surface area (Å²) < 4.78 is 36.6. The van der Waals surface area contributed by atoms with Crippen molar-refractivity contribution in [2.45, 2.75) is 18.7 Å². The molecule has 0 aliphatic carbocycles. The number of esters is 2. The van der Waals surface area contributed by atoms with Crippen LogP contribution < -0.4 is 10.0 Å². The van der Waals surface area contributed by atoms with Gasteiger partial charge in [0.15, 0.2) is 0 Å². The molecule has 0 fully saturated rings. The fraction of sp³-hybridized carbons (Fsp3) is 0.222. The fourth-order valence-corrected chi connectivity index (χ4v) is 3.26. The Morgan fingerprint density at radius 3 is 2.24 bits per heavy atom.